The highest BCUT2D eigenvalue weighted by atomic mass is 16.2. The molecule has 1 aromatic rings. The fraction of sp³-hybridized carbons (Fsp3) is 0.579. The van der Waals surface area contributed by atoms with Crippen LogP contribution < -0.4 is 10.2 Å². The van der Waals surface area contributed by atoms with E-state index < -0.39 is 0 Å². The van der Waals surface area contributed by atoms with Crippen LogP contribution in [0.3, 0.4) is 0 Å². The fourth-order valence-electron chi connectivity index (χ4n) is 3.97. The molecular formula is C19H27N3O2. The summed E-state index contributed by atoms with van der Waals surface area (Å²) in [5, 5.41) is 2.96. The van der Waals surface area contributed by atoms with Crippen LogP contribution in [0.2, 0.25) is 0 Å². The second-order valence-electron chi connectivity index (χ2n) is 7.38. The van der Waals surface area contributed by atoms with E-state index >= 15 is 0 Å². The molecule has 0 aromatic heterocycles. The molecule has 3 rings (SSSR count). The molecule has 2 aliphatic rings. The molecular weight excluding hydrogens is 302 g/mol. The number of rotatable bonds is 4. The molecule has 5 heteroatoms. The number of piperidine rings is 1. The van der Waals surface area contributed by atoms with Crippen molar-refractivity contribution >= 4 is 23.2 Å². The Balaban J connectivity index is 1.54. The van der Waals surface area contributed by atoms with Gasteiger partial charge in [-0.1, -0.05) is 13.8 Å². The molecule has 0 saturated carbocycles. The first-order chi connectivity index (χ1) is 11.5. The van der Waals surface area contributed by atoms with Crippen LogP contribution in [0.4, 0.5) is 11.4 Å². The third-order valence-corrected chi connectivity index (χ3v) is 4.85. The highest BCUT2D eigenvalue weighted by Gasteiger charge is 2.24. The summed E-state index contributed by atoms with van der Waals surface area (Å²) in [6.07, 6.45) is 2.80. The second-order valence-corrected chi connectivity index (χ2v) is 7.38. The minimum absolute atomic E-state index is 0.0290. The van der Waals surface area contributed by atoms with Gasteiger partial charge >= 0.3 is 0 Å². The molecule has 0 spiro atoms. The van der Waals surface area contributed by atoms with Crippen LogP contribution in [0, 0.1) is 11.8 Å². The summed E-state index contributed by atoms with van der Waals surface area (Å²) in [7, 11) is 0. The second kappa shape index (κ2) is 7.34. The molecule has 2 aliphatic heterocycles. The smallest absolute Gasteiger partial charge is 0.238 e. The molecule has 0 bridgehead atoms. The molecule has 130 valence electrons. The largest absolute Gasteiger partial charge is 0.325 e. The maximum Gasteiger partial charge on any atom is 0.238 e. The van der Waals surface area contributed by atoms with Crippen molar-refractivity contribution in [2.24, 2.45) is 11.8 Å². The van der Waals surface area contributed by atoms with Crippen molar-refractivity contribution in [2.45, 2.75) is 33.1 Å². The molecule has 1 aromatic carbocycles. The number of amides is 2. The van der Waals surface area contributed by atoms with Gasteiger partial charge in [-0.3, -0.25) is 14.5 Å². The fourth-order valence-corrected chi connectivity index (χ4v) is 3.97. The summed E-state index contributed by atoms with van der Waals surface area (Å²) >= 11 is 0. The Labute approximate surface area is 144 Å². The average Bonchev–Trinajstić information content (AvgIpc) is 2.93. The minimum Gasteiger partial charge on any atom is -0.325 e. The zero-order chi connectivity index (χ0) is 17.1. The lowest BCUT2D eigenvalue weighted by molar-refractivity contribution is -0.118. The van der Waals surface area contributed by atoms with Crippen molar-refractivity contribution in [3.8, 4) is 0 Å². The number of hydrogen-bond donors (Lipinski definition) is 1. The molecule has 5 nitrogen and oxygen atoms in total. The first-order valence-corrected chi connectivity index (χ1v) is 8.94. The Kier molecular flexibility index (Phi) is 5.19. The minimum atomic E-state index is 0.0290. The van der Waals surface area contributed by atoms with Gasteiger partial charge in [-0.25, -0.2) is 0 Å². The molecule has 2 fully saturated rings. The molecule has 2 atom stereocenters. The number of nitrogens with zero attached hydrogens (tertiary/aromatic N) is 2. The zero-order valence-corrected chi connectivity index (χ0v) is 14.6. The van der Waals surface area contributed by atoms with Crippen molar-refractivity contribution in [3.05, 3.63) is 24.3 Å². The van der Waals surface area contributed by atoms with Gasteiger partial charge in [-0.2, -0.15) is 0 Å². The lowest BCUT2D eigenvalue weighted by Crippen LogP contribution is -2.42. The summed E-state index contributed by atoms with van der Waals surface area (Å²) in [4.78, 5) is 28.1. The molecule has 0 aliphatic carbocycles. The van der Waals surface area contributed by atoms with E-state index in [1.807, 2.05) is 29.2 Å². The van der Waals surface area contributed by atoms with Crippen LogP contribution in [0.1, 0.15) is 33.1 Å². The van der Waals surface area contributed by atoms with Crippen LogP contribution in [0.15, 0.2) is 24.3 Å². The monoisotopic (exact) mass is 329 g/mol. The maximum absolute atomic E-state index is 12.3. The van der Waals surface area contributed by atoms with Gasteiger partial charge in [0.2, 0.25) is 11.8 Å². The third kappa shape index (κ3) is 4.15. The normalized spacial score (nSPS) is 25.1. The van der Waals surface area contributed by atoms with E-state index in [-0.39, 0.29) is 11.8 Å². The van der Waals surface area contributed by atoms with Crippen LogP contribution in [0.5, 0.6) is 0 Å². The van der Waals surface area contributed by atoms with Crippen molar-refractivity contribution in [1.29, 1.82) is 0 Å². The van der Waals surface area contributed by atoms with E-state index in [9.17, 15) is 9.59 Å². The Morgan fingerprint density at radius 3 is 2.42 bits per heavy atom. The quantitative estimate of drug-likeness (QED) is 0.924. The topological polar surface area (TPSA) is 52.7 Å². The number of likely N-dealkylation sites (tertiary alicyclic amines) is 1. The average molecular weight is 329 g/mol. The lowest BCUT2D eigenvalue weighted by Gasteiger charge is -2.34. The van der Waals surface area contributed by atoms with Crippen molar-refractivity contribution < 1.29 is 9.59 Å². The molecule has 2 saturated heterocycles. The van der Waals surface area contributed by atoms with E-state index in [1.165, 1.54) is 6.42 Å². The van der Waals surface area contributed by atoms with Crippen LogP contribution >= 0.6 is 0 Å². The SMILES string of the molecule is C[C@H]1C[C@H](C)CN(CC(=O)Nc2ccc(N3CCCC3=O)cc2)C1. The van der Waals surface area contributed by atoms with Crippen LogP contribution in [0.25, 0.3) is 0 Å². The first kappa shape index (κ1) is 17.0. The number of carbonyl (C=O) groups is 2. The molecule has 24 heavy (non-hydrogen) atoms. The van der Waals surface area contributed by atoms with Gasteiger partial charge in [0.15, 0.2) is 0 Å². The van der Waals surface area contributed by atoms with E-state index in [0.29, 0.717) is 24.8 Å². The summed E-state index contributed by atoms with van der Waals surface area (Å²) in [5.41, 5.74) is 1.70. The Morgan fingerprint density at radius 1 is 1.17 bits per heavy atom. The maximum atomic E-state index is 12.3. The Bertz CT molecular complexity index is 589. The first-order valence-electron chi connectivity index (χ1n) is 8.94. The van der Waals surface area contributed by atoms with Crippen molar-refractivity contribution in [3.63, 3.8) is 0 Å². The summed E-state index contributed by atoms with van der Waals surface area (Å²) in [6.45, 7) is 7.72. The van der Waals surface area contributed by atoms with Gasteiger partial charge in [0, 0.05) is 37.4 Å². The number of benzene rings is 1. The number of hydrogen-bond acceptors (Lipinski definition) is 3. The molecule has 2 heterocycles. The predicted molar refractivity (Wildman–Crippen MR) is 96.0 cm³/mol. The predicted octanol–water partition coefficient (Wildman–Crippen LogP) is 2.73. The van der Waals surface area contributed by atoms with E-state index in [1.54, 1.807) is 0 Å². The van der Waals surface area contributed by atoms with Gasteiger partial charge in [0.25, 0.3) is 0 Å². The summed E-state index contributed by atoms with van der Waals surface area (Å²) in [5.74, 6) is 1.51. The Morgan fingerprint density at radius 2 is 1.83 bits per heavy atom. The van der Waals surface area contributed by atoms with E-state index in [4.69, 9.17) is 0 Å². The number of anilines is 2. The van der Waals surface area contributed by atoms with E-state index in [0.717, 1.165) is 37.4 Å². The summed E-state index contributed by atoms with van der Waals surface area (Å²) in [6, 6.07) is 7.56. The summed E-state index contributed by atoms with van der Waals surface area (Å²) < 4.78 is 0. The number of nitrogens with one attached hydrogen (secondary N) is 1. The third-order valence-electron chi connectivity index (χ3n) is 4.85. The van der Waals surface area contributed by atoms with Gasteiger partial charge in [-0.15, -0.1) is 0 Å². The van der Waals surface area contributed by atoms with Gasteiger partial charge in [-0.05, 0) is 48.9 Å². The van der Waals surface area contributed by atoms with Gasteiger partial charge in [0.05, 0.1) is 6.54 Å². The molecule has 1 N–H and O–H groups in total. The zero-order valence-electron chi connectivity index (χ0n) is 14.6. The highest BCUT2D eigenvalue weighted by molar-refractivity contribution is 5.96. The number of carbonyl (C=O) groups excluding carboxylic acids is 2. The molecule has 0 unspecified atom stereocenters. The van der Waals surface area contributed by atoms with Gasteiger partial charge in [0.1, 0.15) is 0 Å². The van der Waals surface area contributed by atoms with Crippen LogP contribution in [-0.4, -0.2) is 42.9 Å². The Hall–Kier alpha value is -1.88. The molecule has 0 radical (unpaired) electrons. The highest BCUT2D eigenvalue weighted by Crippen LogP contribution is 2.23. The standard InChI is InChI=1S/C19H27N3O2/c1-14-10-15(2)12-21(11-14)13-18(23)20-16-5-7-17(8-6-16)22-9-3-4-19(22)24/h5-8,14-15H,3-4,9-13H2,1-2H3,(H,20,23)/t14-,15-/m0/s1. The van der Waals surface area contributed by atoms with E-state index in [2.05, 4.69) is 24.1 Å². The van der Waals surface area contributed by atoms with Crippen molar-refractivity contribution in [1.82, 2.24) is 4.90 Å². The van der Waals surface area contributed by atoms with Crippen LogP contribution in [-0.2, 0) is 9.59 Å². The lowest BCUT2D eigenvalue weighted by atomic mass is 9.92. The van der Waals surface area contributed by atoms with Crippen molar-refractivity contribution in [2.75, 3.05) is 36.4 Å². The van der Waals surface area contributed by atoms with Gasteiger partial charge < -0.3 is 10.2 Å². The molecule has 2 amide bonds.